The summed E-state index contributed by atoms with van der Waals surface area (Å²) < 4.78 is 56.2. The lowest BCUT2D eigenvalue weighted by Gasteiger charge is -2.01. The number of benzene rings is 1. The molecule has 0 heterocycles. The van der Waals surface area contributed by atoms with E-state index in [4.69, 9.17) is 10.7 Å². The van der Waals surface area contributed by atoms with E-state index in [1.54, 1.807) is 0 Å². The molecule has 1 aromatic carbocycles. The molecule has 0 amide bonds. The van der Waals surface area contributed by atoms with Crippen LogP contribution in [0.3, 0.4) is 0 Å². The Morgan fingerprint density at radius 2 is 1.73 bits per heavy atom. The fourth-order valence-electron chi connectivity index (χ4n) is 0.864. The van der Waals surface area contributed by atoms with Gasteiger partial charge in [0, 0.05) is 10.7 Å². The van der Waals surface area contributed by atoms with Crippen molar-refractivity contribution in [1.29, 1.82) is 0 Å². The molecule has 0 aliphatic carbocycles. The minimum atomic E-state index is -4.21. The lowest BCUT2D eigenvalue weighted by Crippen LogP contribution is -2.14. The van der Waals surface area contributed by atoms with E-state index in [0.29, 0.717) is 6.07 Å². The van der Waals surface area contributed by atoms with E-state index in [0.717, 1.165) is 12.1 Å². The summed E-state index contributed by atoms with van der Waals surface area (Å²) in [7, 11) is -3.38. The van der Waals surface area contributed by atoms with Crippen LogP contribution in [0, 0.1) is 5.82 Å². The van der Waals surface area contributed by atoms with Crippen LogP contribution in [-0.4, -0.2) is 16.8 Å². The Balaban J connectivity index is 3.47. The highest BCUT2D eigenvalue weighted by molar-refractivity contribution is 8.13. The van der Waals surface area contributed by atoms with Crippen molar-refractivity contribution in [3.63, 3.8) is 0 Å². The quantitative estimate of drug-likeness (QED) is 0.789. The average molecular weight is 274 g/mol. The molecule has 15 heavy (non-hydrogen) atoms. The van der Waals surface area contributed by atoms with E-state index in [1.807, 2.05) is 0 Å². The SMILES string of the molecule is NS(=O)(=O)c1ccc(S(=O)(=O)Cl)cc1F. The molecule has 0 saturated heterocycles. The number of halogens is 2. The van der Waals surface area contributed by atoms with Crippen molar-refractivity contribution in [3.05, 3.63) is 24.0 Å². The maximum absolute atomic E-state index is 13.1. The van der Waals surface area contributed by atoms with Gasteiger partial charge in [0.1, 0.15) is 10.7 Å². The zero-order valence-corrected chi connectivity index (χ0v) is 9.40. The Hall–Kier alpha value is -0.700. The molecule has 0 radical (unpaired) electrons. The Labute approximate surface area is 90.1 Å². The smallest absolute Gasteiger partial charge is 0.225 e. The van der Waals surface area contributed by atoms with Crippen LogP contribution in [-0.2, 0) is 19.1 Å². The number of hydrogen-bond acceptors (Lipinski definition) is 4. The van der Waals surface area contributed by atoms with Gasteiger partial charge in [0.25, 0.3) is 9.05 Å². The molecule has 5 nitrogen and oxygen atoms in total. The van der Waals surface area contributed by atoms with Crippen molar-refractivity contribution in [3.8, 4) is 0 Å². The van der Waals surface area contributed by atoms with Crippen molar-refractivity contribution >= 4 is 29.8 Å². The van der Waals surface area contributed by atoms with Crippen LogP contribution in [0.15, 0.2) is 28.0 Å². The molecular weight excluding hydrogens is 269 g/mol. The predicted molar refractivity (Wildman–Crippen MR) is 50.8 cm³/mol. The summed E-state index contributed by atoms with van der Waals surface area (Å²) >= 11 is 0. The van der Waals surface area contributed by atoms with E-state index >= 15 is 0 Å². The van der Waals surface area contributed by atoms with Crippen LogP contribution < -0.4 is 5.14 Å². The first-order valence-electron chi connectivity index (χ1n) is 3.39. The minimum absolute atomic E-state index is 0.488. The van der Waals surface area contributed by atoms with Gasteiger partial charge in [-0.05, 0) is 18.2 Å². The summed E-state index contributed by atoms with van der Waals surface area (Å²) in [5.41, 5.74) is 0. The van der Waals surface area contributed by atoms with E-state index in [9.17, 15) is 21.2 Å². The summed E-state index contributed by atoms with van der Waals surface area (Å²) in [5.74, 6) is -1.26. The largest absolute Gasteiger partial charge is 0.261 e. The van der Waals surface area contributed by atoms with E-state index in [2.05, 4.69) is 5.14 Å². The van der Waals surface area contributed by atoms with Gasteiger partial charge in [-0.2, -0.15) is 0 Å². The monoisotopic (exact) mass is 273 g/mol. The Morgan fingerprint density at radius 1 is 1.20 bits per heavy atom. The molecule has 0 atom stereocenters. The summed E-state index contributed by atoms with van der Waals surface area (Å²) in [5, 5.41) is 4.67. The molecule has 0 aliphatic rings. The molecule has 0 spiro atoms. The van der Waals surface area contributed by atoms with Gasteiger partial charge in [0.2, 0.25) is 10.0 Å². The normalized spacial score (nSPS) is 12.7. The highest BCUT2D eigenvalue weighted by atomic mass is 35.7. The molecule has 84 valence electrons. The second-order valence-corrected chi connectivity index (χ2v) is 6.67. The number of sulfonamides is 1. The van der Waals surface area contributed by atoms with Crippen LogP contribution in [0.5, 0.6) is 0 Å². The molecule has 0 saturated carbocycles. The summed E-state index contributed by atoms with van der Waals surface area (Å²) in [6.07, 6.45) is 0. The van der Waals surface area contributed by atoms with Gasteiger partial charge in [-0.15, -0.1) is 0 Å². The Kier molecular flexibility index (Phi) is 3.06. The predicted octanol–water partition coefficient (Wildman–Crippen LogP) is 0.401. The number of rotatable bonds is 2. The second-order valence-electron chi connectivity index (χ2n) is 2.58. The second kappa shape index (κ2) is 3.71. The van der Waals surface area contributed by atoms with Crippen molar-refractivity contribution in [1.82, 2.24) is 0 Å². The van der Waals surface area contributed by atoms with Gasteiger partial charge in [0.15, 0.2) is 0 Å². The Morgan fingerprint density at radius 3 is 2.07 bits per heavy atom. The number of primary sulfonamides is 1. The fraction of sp³-hybridized carbons (Fsp3) is 0. The summed E-state index contributed by atoms with van der Waals surface area (Å²) in [6, 6.07) is 2.08. The van der Waals surface area contributed by atoms with Crippen molar-refractivity contribution in [2.45, 2.75) is 9.79 Å². The molecule has 0 fully saturated rings. The van der Waals surface area contributed by atoms with Gasteiger partial charge >= 0.3 is 0 Å². The van der Waals surface area contributed by atoms with Crippen LogP contribution >= 0.6 is 10.7 Å². The standard InChI is InChI=1S/C6H5ClFNO4S2/c7-14(10,11)4-1-2-6(5(8)3-4)15(9,12)13/h1-3H,(H2,9,12,13). The maximum atomic E-state index is 13.1. The van der Waals surface area contributed by atoms with Gasteiger partial charge in [-0.25, -0.2) is 26.4 Å². The average Bonchev–Trinajstić information content (AvgIpc) is 1.99. The summed E-state index contributed by atoms with van der Waals surface area (Å²) in [4.78, 5) is -1.32. The zero-order valence-electron chi connectivity index (χ0n) is 7.01. The molecule has 9 heteroatoms. The lowest BCUT2D eigenvalue weighted by atomic mass is 10.3. The first-order valence-corrected chi connectivity index (χ1v) is 7.25. The van der Waals surface area contributed by atoms with Crippen molar-refractivity contribution in [2.75, 3.05) is 0 Å². The van der Waals surface area contributed by atoms with E-state index in [1.165, 1.54) is 0 Å². The molecule has 0 aliphatic heterocycles. The molecule has 0 bridgehead atoms. The van der Waals surface area contributed by atoms with Crippen LogP contribution in [0.2, 0.25) is 0 Å². The molecule has 0 unspecified atom stereocenters. The number of hydrogen-bond donors (Lipinski definition) is 1. The molecule has 1 rings (SSSR count). The van der Waals surface area contributed by atoms with Crippen molar-refractivity contribution in [2.24, 2.45) is 5.14 Å². The third kappa shape index (κ3) is 2.88. The maximum Gasteiger partial charge on any atom is 0.261 e. The number of nitrogens with two attached hydrogens (primary N) is 1. The molecule has 0 aromatic heterocycles. The first kappa shape index (κ1) is 12.4. The highest BCUT2D eigenvalue weighted by Gasteiger charge is 2.18. The fourth-order valence-corrected chi connectivity index (χ4v) is 2.22. The van der Waals surface area contributed by atoms with E-state index < -0.39 is 34.7 Å². The van der Waals surface area contributed by atoms with E-state index in [-0.39, 0.29) is 0 Å². The topological polar surface area (TPSA) is 94.3 Å². The summed E-state index contributed by atoms with van der Waals surface area (Å²) in [6.45, 7) is 0. The van der Waals surface area contributed by atoms with Crippen LogP contribution in [0.4, 0.5) is 4.39 Å². The van der Waals surface area contributed by atoms with Crippen LogP contribution in [0.25, 0.3) is 0 Å². The minimum Gasteiger partial charge on any atom is -0.225 e. The first-order chi connectivity index (χ1) is 6.62. The third-order valence-electron chi connectivity index (χ3n) is 1.49. The zero-order chi connectivity index (χ0) is 11.9. The van der Waals surface area contributed by atoms with Crippen molar-refractivity contribution < 1.29 is 21.2 Å². The molecular formula is C6H5ClFNO4S2. The highest BCUT2D eigenvalue weighted by Crippen LogP contribution is 2.20. The lowest BCUT2D eigenvalue weighted by molar-refractivity contribution is 0.563. The van der Waals surface area contributed by atoms with Gasteiger partial charge < -0.3 is 0 Å². The van der Waals surface area contributed by atoms with Gasteiger partial charge in [0.05, 0.1) is 4.90 Å². The third-order valence-corrected chi connectivity index (χ3v) is 3.79. The van der Waals surface area contributed by atoms with Gasteiger partial charge in [-0.3, -0.25) is 0 Å². The molecule has 1 aromatic rings. The molecule has 2 N–H and O–H groups in total. The Bertz CT molecular complexity index is 596. The van der Waals surface area contributed by atoms with Gasteiger partial charge in [-0.1, -0.05) is 0 Å². The van der Waals surface area contributed by atoms with Crippen LogP contribution in [0.1, 0.15) is 0 Å².